The molecule has 0 atom stereocenters. The monoisotopic (exact) mass is 176 g/mol. The van der Waals surface area contributed by atoms with Crippen molar-refractivity contribution in [3.8, 4) is 0 Å². The molecule has 0 saturated heterocycles. The molecule has 0 aromatic rings. The summed E-state index contributed by atoms with van der Waals surface area (Å²) in [6.45, 7) is 6.26. The first-order chi connectivity index (χ1) is 6.27. The van der Waals surface area contributed by atoms with Gasteiger partial charge in [0.2, 0.25) is 0 Å². The van der Waals surface area contributed by atoms with Gasteiger partial charge in [-0.05, 0) is 57.3 Å². The van der Waals surface area contributed by atoms with Crippen LogP contribution in [0.3, 0.4) is 0 Å². The first-order valence-corrected chi connectivity index (χ1v) is 5.61. The summed E-state index contributed by atoms with van der Waals surface area (Å²) >= 11 is 0. The molecule has 1 saturated carbocycles. The molecular weight excluding hydrogens is 156 g/mol. The predicted octanol–water partition coefficient (Wildman–Crippen LogP) is 4.09. The maximum Gasteiger partial charge on any atom is -0.0203 e. The molecule has 0 radical (unpaired) electrons. The summed E-state index contributed by atoms with van der Waals surface area (Å²) in [5.41, 5.74) is 3.17. The standard InChI is InChI=1S/C13H20/c1-10(2)11-6-8-13(9-7-11)12-4-3-5-12/h4,11,13H,1,3,5-9H2,2H3. The fourth-order valence-corrected chi connectivity index (χ4v) is 2.64. The van der Waals surface area contributed by atoms with Crippen molar-refractivity contribution in [1.29, 1.82) is 0 Å². The van der Waals surface area contributed by atoms with E-state index in [4.69, 9.17) is 0 Å². The van der Waals surface area contributed by atoms with Gasteiger partial charge in [0.05, 0.1) is 0 Å². The molecule has 0 heteroatoms. The lowest BCUT2D eigenvalue weighted by Crippen LogP contribution is -2.18. The first-order valence-electron chi connectivity index (χ1n) is 5.61. The van der Waals surface area contributed by atoms with Crippen LogP contribution in [-0.4, -0.2) is 0 Å². The minimum atomic E-state index is 0.830. The molecule has 0 aliphatic heterocycles. The van der Waals surface area contributed by atoms with Gasteiger partial charge in [0.1, 0.15) is 0 Å². The van der Waals surface area contributed by atoms with Crippen molar-refractivity contribution in [2.45, 2.75) is 45.4 Å². The van der Waals surface area contributed by atoms with Gasteiger partial charge in [-0.3, -0.25) is 0 Å². The minimum absolute atomic E-state index is 0.830. The maximum absolute atomic E-state index is 4.07. The summed E-state index contributed by atoms with van der Waals surface area (Å²) in [6, 6.07) is 0. The fraction of sp³-hybridized carbons (Fsp3) is 0.692. The molecule has 0 amide bonds. The lowest BCUT2D eigenvalue weighted by molar-refractivity contribution is 0.323. The van der Waals surface area contributed by atoms with Crippen LogP contribution >= 0.6 is 0 Å². The van der Waals surface area contributed by atoms with Gasteiger partial charge in [0.25, 0.3) is 0 Å². The molecule has 0 nitrogen and oxygen atoms in total. The maximum atomic E-state index is 4.07. The molecule has 0 aromatic carbocycles. The Bertz CT molecular complexity index is 226. The Morgan fingerprint density at radius 3 is 2.31 bits per heavy atom. The quantitative estimate of drug-likeness (QED) is 0.556. The SMILES string of the molecule is C=C(C)C1CCC(C2=CCC2)CC1. The zero-order chi connectivity index (χ0) is 9.26. The fourth-order valence-electron chi connectivity index (χ4n) is 2.64. The molecule has 0 bridgehead atoms. The van der Waals surface area contributed by atoms with Crippen molar-refractivity contribution in [3.63, 3.8) is 0 Å². The van der Waals surface area contributed by atoms with Crippen LogP contribution in [-0.2, 0) is 0 Å². The molecule has 2 aliphatic carbocycles. The number of rotatable bonds is 2. The van der Waals surface area contributed by atoms with Gasteiger partial charge >= 0.3 is 0 Å². The van der Waals surface area contributed by atoms with Crippen LogP contribution in [0.1, 0.15) is 45.4 Å². The second-order valence-corrected chi connectivity index (χ2v) is 4.71. The van der Waals surface area contributed by atoms with Crippen molar-refractivity contribution in [2.75, 3.05) is 0 Å². The van der Waals surface area contributed by atoms with E-state index in [2.05, 4.69) is 19.6 Å². The zero-order valence-corrected chi connectivity index (χ0v) is 8.68. The molecule has 0 unspecified atom stereocenters. The van der Waals surface area contributed by atoms with Gasteiger partial charge in [0.15, 0.2) is 0 Å². The van der Waals surface area contributed by atoms with Crippen LogP contribution in [0, 0.1) is 11.8 Å². The van der Waals surface area contributed by atoms with Gasteiger partial charge < -0.3 is 0 Å². The summed E-state index contributed by atoms with van der Waals surface area (Å²) < 4.78 is 0. The molecular formula is C13H20. The summed E-state index contributed by atoms with van der Waals surface area (Å²) in [7, 11) is 0. The number of hydrogen-bond acceptors (Lipinski definition) is 0. The van der Waals surface area contributed by atoms with Crippen LogP contribution in [0.2, 0.25) is 0 Å². The van der Waals surface area contributed by atoms with E-state index in [1.165, 1.54) is 44.1 Å². The number of allylic oxidation sites excluding steroid dienone is 3. The summed E-state index contributed by atoms with van der Waals surface area (Å²) in [5.74, 6) is 1.78. The van der Waals surface area contributed by atoms with Gasteiger partial charge in [-0.15, -0.1) is 0 Å². The third kappa shape index (κ3) is 1.87. The zero-order valence-electron chi connectivity index (χ0n) is 8.68. The average molecular weight is 176 g/mol. The second-order valence-electron chi connectivity index (χ2n) is 4.71. The second kappa shape index (κ2) is 3.69. The van der Waals surface area contributed by atoms with Gasteiger partial charge in [-0.2, -0.15) is 0 Å². The normalized spacial score (nSPS) is 33.5. The van der Waals surface area contributed by atoms with E-state index in [-0.39, 0.29) is 0 Å². The van der Waals surface area contributed by atoms with E-state index in [0.717, 1.165) is 11.8 Å². The first kappa shape index (κ1) is 9.05. The Hall–Kier alpha value is -0.520. The van der Waals surface area contributed by atoms with Crippen molar-refractivity contribution in [1.82, 2.24) is 0 Å². The predicted molar refractivity (Wildman–Crippen MR) is 57.6 cm³/mol. The van der Waals surface area contributed by atoms with Crippen LogP contribution in [0.4, 0.5) is 0 Å². The molecule has 13 heavy (non-hydrogen) atoms. The molecule has 0 spiro atoms. The lowest BCUT2D eigenvalue weighted by Gasteiger charge is -2.32. The Balaban J connectivity index is 1.85. The molecule has 2 aliphatic rings. The Labute approximate surface area is 81.7 Å². The topological polar surface area (TPSA) is 0 Å². The highest BCUT2D eigenvalue weighted by atomic mass is 14.3. The van der Waals surface area contributed by atoms with Crippen LogP contribution < -0.4 is 0 Å². The van der Waals surface area contributed by atoms with E-state index in [9.17, 15) is 0 Å². The highest BCUT2D eigenvalue weighted by molar-refractivity contribution is 5.17. The highest BCUT2D eigenvalue weighted by Gasteiger charge is 2.25. The van der Waals surface area contributed by atoms with Gasteiger partial charge in [0, 0.05) is 0 Å². The van der Waals surface area contributed by atoms with Gasteiger partial charge in [-0.1, -0.05) is 23.8 Å². The van der Waals surface area contributed by atoms with Crippen LogP contribution in [0.15, 0.2) is 23.8 Å². The van der Waals surface area contributed by atoms with Crippen molar-refractivity contribution in [3.05, 3.63) is 23.8 Å². The summed E-state index contributed by atoms with van der Waals surface area (Å²) in [5, 5.41) is 0. The van der Waals surface area contributed by atoms with E-state index in [1.807, 2.05) is 0 Å². The van der Waals surface area contributed by atoms with Crippen LogP contribution in [0.5, 0.6) is 0 Å². The van der Waals surface area contributed by atoms with E-state index in [1.54, 1.807) is 5.57 Å². The minimum Gasteiger partial charge on any atom is -0.0999 e. The molecule has 2 rings (SSSR count). The molecule has 72 valence electrons. The summed E-state index contributed by atoms with van der Waals surface area (Å²) in [4.78, 5) is 0. The molecule has 0 heterocycles. The van der Waals surface area contributed by atoms with Crippen molar-refractivity contribution < 1.29 is 0 Å². The average Bonchev–Trinajstić information content (AvgIpc) is 2.02. The lowest BCUT2D eigenvalue weighted by atomic mass is 9.73. The van der Waals surface area contributed by atoms with Gasteiger partial charge in [-0.25, -0.2) is 0 Å². The van der Waals surface area contributed by atoms with Crippen LogP contribution in [0.25, 0.3) is 0 Å². The number of hydrogen-bond donors (Lipinski definition) is 0. The Morgan fingerprint density at radius 1 is 1.31 bits per heavy atom. The molecule has 0 N–H and O–H groups in total. The Kier molecular flexibility index (Phi) is 2.57. The smallest absolute Gasteiger partial charge is 0.0203 e. The molecule has 0 aromatic heterocycles. The molecule has 1 fully saturated rings. The van der Waals surface area contributed by atoms with Crippen molar-refractivity contribution >= 4 is 0 Å². The van der Waals surface area contributed by atoms with E-state index < -0.39 is 0 Å². The Morgan fingerprint density at radius 2 is 1.92 bits per heavy atom. The third-order valence-corrected chi connectivity index (χ3v) is 3.79. The largest absolute Gasteiger partial charge is 0.0999 e. The van der Waals surface area contributed by atoms with E-state index >= 15 is 0 Å². The summed E-state index contributed by atoms with van der Waals surface area (Å²) in [6.07, 6.45) is 10.8. The highest BCUT2D eigenvalue weighted by Crippen LogP contribution is 2.39. The third-order valence-electron chi connectivity index (χ3n) is 3.79. The van der Waals surface area contributed by atoms with E-state index in [0.29, 0.717) is 0 Å². The van der Waals surface area contributed by atoms with Crippen molar-refractivity contribution in [2.24, 2.45) is 11.8 Å².